The average Bonchev–Trinajstić information content (AvgIpc) is 2.51. The number of aromatic nitrogens is 2. The van der Waals surface area contributed by atoms with E-state index in [0.717, 1.165) is 0 Å². The van der Waals surface area contributed by atoms with Crippen molar-refractivity contribution in [3.05, 3.63) is 18.2 Å². The maximum atomic E-state index is 11.0. The van der Waals surface area contributed by atoms with Crippen LogP contribution in [0.25, 0.3) is 0 Å². The van der Waals surface area contributed by atoms with Crippen molar-refractivity contribution in [3.63, 3.8) is 0 Å². The van der Waals surface area contributed by atoms with Crippen LogP contribution < -0.4 is 5.32 Å². The van der Waals surface area contributed by atoms with Gasteiger partial charge in [0.2, 0.25) is 5.91 Å². The van der Waals surface area contributed by atoms with E-state index in [0.29, 0.717) is 12.4 Å². The number of imidazole rings is 1. The van der Waals surface area contributed by atoms with Crippen molar-refractivity contribution in [2.24, 2.45) is 0 Å². The van der Waals surface area contributed by atoms with E-state index in [1.54, 1.807) is 12.4 Å². The average molecular weight is 181 g/mol. The molecule has 5 nitrogen and oxygen atoms in total. The Kier molecular flexibility index (Phi) is 3.19. The van der Waals surface area contributed by atoms with Crippen molar-refractivity contribution in [2.75, 3.05) is 0 Å². The van der Waals surface area contributed by atoms with E-state index in [4.69, 9.17) is 0 Å². The maximum absolute atomic E-state index is 11.0. The zero-order valence-electron chi connectivity index (χ0n) is 7.33. The minimum absolute atomic E-state index is 0.0687. The summed E-state index contributed by atoms with van der Waals surface area (Å²) in [5.74, 6) is 0.262. The van der Waals surface area contributed by atoms with E-state index in [1.807, 2.05) is 0 Å². The van der Waals surface area contributed by atoms with Gasteiger partial charge in [0, 0.05) is 12.4 Å². The minimum Gasteiger partial charge on any atom is -0.348 e. The number of hydrogen-bond acceptors (Lipinski definition) is 3. The fraction of sp³-hybridized carbons (Fsp3) is 0.375. The van der Waals surface area contributed by atoms with E-state index >= 15 is 0 Å². The lowest BCUT2D eigenvalue weighted by molar-refractivity contribution is -0.127. The first-order valence-corrected chi connectivity index (χ1v) is 3.93. The molecule has 0 saturated heterocycles. The van der Waals surface area contributed by atoms with Gasteiger partial charge in [0.1, 0.15) is 11.6 Å². The molecule has 13 heavy (non-hydrogen) atoms. The first-order valence-electron chi connectivity index (χ1n) is 3.93. The number of amides is 1. The number of ketones is 1. The summed E-state index contributed by atoms with van der Waals surface area (Å²) >= 11 is 0. The molecule has 2 N–H and O–H groups in total. The number of aromatic amines is 1. The van der Waals surface area contributed by atoms with E-state index in [1.165, 1.54) is 6.92 Å². The third-order valence-electron chi connectivity index (χ3n) is 1.42. The molecule has 0 atom stereocenters. The molecule has 0 aliphatic heterocycles. The molecule has 0 spiro atoms. The normalized spacial score (nSPS) is 9.62. The molecule has 70 valence electrons. The summed E-state index contributed by atoms with van der Waals surface area (Å²) in [6.45, 7) is 1.71. The molecule has 0 saturated carbocycles. The van der Waals surface area contributed by atoms with E-state index in [2.05, 4.69) is 15.3 Å². The number of nitrogens with one attached hydrogen (secondary N) is 2. The van der Waals surface area contributed by atoms with Crippen LogP contribution in [0.3, 0.4) is 0 Å². The molecule has 0 fully saturated rings. The lowest BCUT2D eigenvalue weighted by Crippen LogP contribution is -2.24. The third kappa shape index (κ3) is 3.50. The second-order valence-electron chi connectivity index (χ2n) is 2.69. The lowest BCUT2D eigenvalue weighted by Gasteiger charge is -1.99. The van der Waals surface area contributed by atoms with Crippen LogP contribution in [-0.2, 0) is 16.1 Å². The molecule has 5 heteroatoms. The summed E-state index contributed by atoms with van der Waals surface area (Å²) in [6, 6.07) is 0. The fourth-order valence-electron chi connectivity index (χ4n) is 0.866. The van der Waals surface area contributed by atoms with Crippen LogP contribution in [0.4, 0.5) is 0 Å². The highest BCUT2D eigenvalue weighted by Crippen LogP contribution is 1.88. The Balaban J connectivity index is 2.27. The van der Waals surface area contributed by atoms with Gasteiger partial charge in [0.15, 0.2) is 0 Å². The summed E-state index contributed by atoms with van der Waals surface area (Å²) < 4.78 is 0. The molecule has 0 aliphatic rings. The zero-order chi connectivity index (χ0) is 9.68. The monoisotopic (exact) mass is 181 g/mol. The Labute approximate surface area is 75.6 Å². The molecule has 1 amide bonds. The SMILES string of the molecule is CC(=O)CC(=O)NCc1ncc[nH]1. The Morgan fingerprint density at radius 2 is 2.38 bits per heavy atom. The van der Waals surface area contributed by atoms with Gasteiger partial charge in [-0.15, -0.1) is 0 Å². The molecule has 1 aromatic rings. The van der Waals surface area contributed by atoms with Gasteiger partial charge in [-0.3, -0.25) is 9.59 Å². The van der Waals surface area contributed by atoms with Crippen molar-refractivity contribution in [2.45, 2.75) is 19.9 Å². The van der Waals surface area contributed by atoms with Crippen molar-refractivity contribution >= 4 is 11.7 Å². The summed E-state index contributed by atoms with van der Waals surface area (Å²) in [5, 5.41) is 2.56. The van der Waals surface area contributed by atoms with Gasteiger partial charge in [-0.2, -0.15) is 0 Å². The Bertz CT molecular complexity index is 292. The number of carbonyl (C=O) groups is 2. The van der Waals surface area contributed by atoms with Gasteiger partial charge in [-0.05, 0) is 6.92 Å². The first-order chi connectivity index (χ1) is 6.18. The van der Waals surface area contributed by atoms with Crippen molar-refractivity contribution < 1.29 is 9.59 Å². The van der Waals surface area contributed by atoms with Crippen molar-refractivity contribution in [1.82, 2.24) is 15.3 Å². The van der Waals surface area contributed by atoms with Crippen molar-refractivity contribution in [1.29, 1.82) is 0 Å². The number of H-pyrrole nitrogens is 1. The molecule has 0 aliphatic carbocycles. The highest BCUT2D eigenvalue weighted by molar-refractivity contribution is 5.96. The number of Topliss-reactive ketones (excluding diaryl/α,β-unsaturated/α-hetero) is 1. The smallest absolute Gasteiger partial charge is 0.227 e. The standard InChI is InChI=1S/C8H11N3O2/c1-6(12)4-8(13)11-5-7-9-2-3-10-7/h2-3H,4-5H2,1H3,(H,9,10)(H,11,13). The number of hydrogen-bond donors (Lipinski definition) is 2. The zero-order valence-corrected chi connectivity index (χ0v) is 7.33. The van der Waals surface area contributed by atoms with Crippen LogP contribution in [0.1, 0.15) is 19.2 Å². The molecule has 1 heterocycles. The Hall–Kier alpha value is -1.65. The molecular weight excluding hydrogens is 170 g/mol. The first kappa shape index (κ1) is 9.44. The van der Waals surface area contributed by atoms with Crippen LogP contribution in [0.2, 0.25) is 0 Å². The molecule has 0 aromatic carbocycles. The van der Waals surface area contributed by atoms with Gasteiger partial charge in [-0.25, -0.2) is 4.98 Å². The molecule has 0 radical (unpaired) electrons. The molecular formula is C8H11N3O2. The Morgan fingerprint density at radius 1 is 1.62 bits per heavy atom. The number of carbonyl (C=O) groups excluding carboxylic acids is 2. The summed E-state index contributed by atoms with van der Waals surface area (Å²) in [6.07, 6.45) is 3.21. The van der Waals surface area contributed by atoms with Crippen LogP contribution >= 0.6 is 0 Å². The summed E-state index contributed by atoms with van der Waals surface area (Å²) in [7, 11) is 0. The maximum Gasteiger partial charge on any atom is 0.227 e. The number of nitrogens with zero attached hydrogens (tertiary/aromatic N) is 1. The van der Waals surface area contributed by atoms with Crippen LogP contribution in [-0.4, -0.2) is 21.7 Å². The van der Waals surface area contributed by atoms with Gasteiger partial charge in [0.25, 0.3) is 0 Å². The van der Waals surface area contributed by atoms with Gasteiger partial charge >= 0.3 is 0 Å². The van der Waals surface area contributed by atoms with E-state index < -0.39 is 0 Å². The second kappa shape index (κ2) is 4.39. The minimum atomic E-state index is -0.274. The fourth-order valence-corrected chi connectivity index (χ4v) is 0.866. The van der Waals surface area contributed by atoms with Crippen LogP contribution in [0.5, 0.6) is 0 Å². The summed E-state index contributed by atoms with van der Waals surface area (Å²) in [5.41, 5.74) is 0. The highest BCUT2D eigenvalue weighted by atomic mass is 16.2. The summed E-state index contributed by atoms with van der Waals surface area (Å²) in [4.78, 5) is 28.3. The van der Waals surface area contributed by atoms with E-state index in [-0.39, 0.29) is 18.1 Å². The van der Waals surface area contributed by atoms with Gasteiger partial charge in [0.05, 0.1) is 13.0 Å². The third-order valence-corrected chi connectivity index (χ3v) is 1.42. The molecule has 1 aromatic heterocycles. The lowest BCUT2D eigenvalue weighted by atomic mass is 10.3. The van der Waals surface area contributed by atoms with Gasteiger partial charge in [-0.1, -0.05) is 0 Å². The topological polar surface area (TPSA) is 74.8 Å². The Morgan fingerprint density at radius 3 is 2.92 bits per heavy atom. The quantitative estimate of drug-likeness (QED) is 0.642. The van der Waals surface area contributed by atoms with Crippen LogP contribution in [0, 0.1) is 0 Å². The van der Waals surface area contributed by atoms with Crippen molar-refractivity contribution in [3.8, 4) is 0 Å². The highest BCUT2D eigenvalue weighted by Gasteiger charge is 2.04. The van der Waals surface area contributed by atoms with Crippen LogP contribution in [0.15, 0.2) is 12.4 Å². The second-order valence-corrected chi connectivity index (χ2v) is 2.69. The number of rotatable bonds is 4. The molecule has 1 rings (SSSR count). The van der Waals surface area contributed by atoms with E-state index in [9.17, 15) is 9.59 Å². The predicted molar refractivity (Wildman–Crippen MR) is 45.7 cm³/mol. The predicted octanol–water partition coefficient (Wildman–Crippen LogP) is 0.00500. The molecule has 0 bridgehead atoms. The molecule has 0 unspecified atom stereocenters. The van der Waals surface area contributed by atoms with Gasteiger partial charge < -0.3 is 10.3 Å². The largest absolute Gasteiger partial charge is 0.348 e.